The van der Waals surface area contributed by atoms with E-state index in [2.05, 4.69) is 5.32 Å². The molecule has 2 N–H and O–H groups in total. The highest BCUT2D eigenvalue weighted by Gasteiger charge is 2.16. The number of amides is 1. The Balaban J connectivity index is 1.73. The maximum Gasteiger partial charge on any atom is 0.292 e. The number of carbonyl (C=O) groups is 1. The monoisotopic (exact) mass is 323 g/mol. The topological polar surface area (TPSA) is 71.7 Å². The van der Waals surface area contributed by atoms with Gasteiger partial charge in [-0.3, -0.25) is 4.79 Å². The third kappa shape index (κ3) is 3.64. The standard InChI is InChI=1S/C19H17NO4/c21-11-13-23-16-8-6-15(7-9-16)20-19(22)18-17(10-12-24-18)14-4-2-1-3-5-14/h1-10,12,21H,11,13H2,(H,20,22). The second-order valence-electron chi connectivity index (χ2n) is 5.08. The van der Waals surface area contributed by atoms with Crippen LogP contribution in [-0.2, 0) is 0 Å². The number of anilines is 1. The number of hydrogen-bond donors (Lipinski definition) is 2. The molecule has 3 rings (SSSR count). The predicted molar refractivity (Wildman–Crippen MR) is 91.1 cm³/mol. The van der Waals surface area contributed by atoms with Crippen molar-refractivity contribution in [2.45, 2.75) is 0 Å². The summed E-state index contributed by atoms with van der Waals surface area (Å²) >= 11 is 0. The molecule has 5 nitrogen and oxygen atoms in total. The number of aliphatic hydroxyl groups is 1. The number of furan rings is 1. The van der Waals surface area contributed by atoms with Gasteiger partial charge in [0.2, 0.25) is 0 Å². The van der Waals surface area contributed by atoms with Crippen LogP contribution in [0.15, 0.2) is 71.3 Å². The van der Waals surface area contributed by atoms with Gasteiger partial charge in [0.1, 0.15) is 12.4 Å². The fourth-order valence-electron chi connectivity index (χ4n) is 2.32. The molecule has 0 saturated carbocycles. The summed E-state index contributed by atoms with van der Waals surface area (Å²) in [5.41, 5.74) is 2.30. The lowest BCUT2D eigenvalue weighted by atomic mass is 10.1. The van der Waals surface area contributed by atoms with Crippen molar-refractivity contribution in [1.29, 1.82) is 0 Å². The minimum Gasteiger partial charge on any atom is -0.491 e. The smallest absolute Gasteiger partial charge is 0.292 e. The zero-order valence-corrected chi connectivity index (χ0v) is 12.9. The molecule has 0 atom stereocenters. The van der Waals surface area contributed by atoms with Crippen molar-refractivity contribution in [1.82, 2.24) is 0 Å². The van der Waals surface area contributed by atoms with Crippen molar-refractivity contribution in [2.24, 2.45) is 0 Å². The second-order valence-corrected chi connectivity index (χ2v) is 5.08. The van der Waals surface area contributed by atoms with Gasteiger partial charge in [-0.25, -0.2) is 0 Å². The van der Waals surface area contributed by atoms with Gasteiger partial charge in [0.15, 0.2) is 5.76 Å². The molecule has 122 valence electrons. The SMILES string of the molecule is O=C(Nc1ccc(OCCO)cc1)c1occc1-c1ccccc1. The maximum absolute atomic E-state index is 12.5. The van der Waals surface area contributed by atoms with Crippen LogP contribution in [0.2, 0.25) is 0 Å². The van der Waals surface area contributed by atoms with Crippen LogP contribution >= 0.6 is 0 Å². The number of rotatable bonds is 6. The van der Waals surface area contributed by atoms with Gasteiger partial charge < -0.3 is 19.6 Å². The zero-order valence-electron chi connectivity index (χ0n) is 12.9. The Morgan fingerprint density at radius 1 is 1.04 bits per heavy atom. The first-order chi connectivity index (χ1) is 11.8. The van der Waals surface area contributed by atoms with E-state index in [1.54, 1.807) is 30.3 Å². The minimum atomic E-state index is -0.317. The quantitative estimate of drug-likeness (QED) is 0.727. The summed E-state index contributed by atoms with van der Waals surface area (Å²) in [4.78, 5) is 12.5. The Labute approximate surface area is 139 Å². The predicted octanol–water partition coefficient (Wildman–Crippen LogP) is 3.57. The number of ether oxygens (including phenoxy) is 1. The van der Waals surface area contributed by atoms with E-state index in [0.717, 1.165) is 11.1 Å². The number of benzene rings is 2. The summed E-state index contributed by atoms with van der Waals surface area (Å²) in [6, 6.07) is 18.3. The lowest BCUT2D eigenvalue weighted by Gasteiger charge is -2.07. The van der Waals surface area contributed by atoms with Crippen molar-refractivity contribution in [3.05, 3.63) is 72.7 Å². The number of aliphatic hydroxyl groups excluding tert-OH is 1. The lowest BCUT2D eigenvalue weighted by molar-refractivity contribution is 0.0997. The summed E-state index contributed by atoms with van der Waals surface area (Å²) in [6.45, 7) is 0.192. The molecule has 5 heteroatoms. The molecule has 0 aliphatic rings. The number of nitrogens with one attached hydrogen (secondary N) is 1. The van der Waals surface area contributed by atoms with Crippen LogP contribution in [0.5, 0.6) is 5.75 Å². The molecular weight excluding hydrogens is 306 g/mol. The third-order valence-corrected chi connectivity index (χ3v) is 3.43. The Morgan fingerprint density at radius 2 is 1.79 bits per heavy atom. The molecule has 0 aliphatic carbocycles. The summed E-state index contributed by atoms with van der Waals surface area (Å²) in [7, 11) is 0. The van der Waals surface area contributed by atoms with E-state index in [9.17, 15) is 4.79 Å². The van der Waals surface area contributed by atoms with E-state index < -0.39 is 0 Å². The summed E-state index contributed by atoms with van der Waals surface area (Å²) < 4.78 is 10.6. The average molecular weight is 323 g/mol. The average Bonchev–Trinajstić information content (AvgIpc) is 3.12. The minimum absolute atomic E-state index is 0.0424. The fourth-order valence-corrected chi connectivity index (χ4v) is 2.32. The van der Waals surface area contributed by atoms with Crippen LogP contribution in [0.1, 0.15) is 10.6 Å². The van der Waals surface area contributed by atoms with E-state index in [4.69, 9.17) is 14.3 Å². The van der Waals surface area contributed by atoms with Gasteiger partial charge in [0, 0.05) is 11.3 Å². The highest BCUT2D eigenvalue weighted by atomic mass is 16.5. The molecule has 1 amide bonds. The zero-order chi connectivity index (χ0) is 16.8. The Bertz CT molecular complexity index is 794. The van der Waals surface area contributed by atoms with Crippen molar-refractivity contribution in [3.8, 4) is 16.9 Å². The molecule has 0 radical (unpaired) electrons. The van der Waals surface area contributed by atoms with E-state index in [1.165, 1.54) is 6.26 Å². The summed E-state index contributed by atoms with van der Waals surface area (Å²) in [6.07, 6.45) is 1.50. The van der Waals surface area contributed by atoms with Crippen molar-refractivity contribution in [2.75, 3.05) is 18.5 Å². The molecule has 2 aromatic carbocycles. The lowest BCUT2D eigenvalue weighted by Crippen LogP contribution is -2.12. The highest BCUT2D eigenvalue weighted by molar-refractivity contribution is 6.06. The molecule has 0 bridgehead atoms. The fraction of sp³-hybridized carbons (Fsp3) is 0.105. The Hall–Kier alpha value is -3.05. The first-order valence-corrected chi connectivity index (χ1v) is 7.56. The van der Waals surface area contributed by atoms with Crippen molar-refractivity contribution in [3.63, 3.8) is 0 Å². The molecule has 24 heavy (non-hydrogen) atoms. The molecule has 0 saturated heterocycles. The highest BCUT2D eigenvalue weighted by Crippen LogP contribution is 2.25. The Morgan fingerprint density at radius 3 is 2.50 bits per heavy atom. The van der Waals surface area contributed by atoms with Crippen LogP contribution in [0.4, 0.5) is 5.69 Å². The normalized spacial score (nSPS) is 10.4. The molecular formula is C19H17NO4. The van der Waals surface area contributed by atoms with Gasteiger partial charge in [-0.05, 0) is 35.9 Å². The summed E-state index contributed by atoms with van der Waals surface area (Å²) in [5, 5.41) is 11.5. The first kappa shape index (κ1) is 15.8. The largest absolute Gasteiger partial charge is 0.491 e. The summed E-state index contributed by atoms with van der Waals surface area (Å²) in [5.74, 6) is 0.578. The first-order valence-electron chi connectivity index (χ1n) is 7.56. The van der Waals surface area contributed by atoms with Crippen LogP contribution < -0.4 is 10.1 Å². The van der Waals surface area contributed by atoms with Crippen LogP contribution in [0.25, 0.3) is 11.1 Å². The van der Waals surface area contributed by atoms with Gasteiger partial charge in [-0.15, -0.1) is 0 Å². The molecule has 0 spiro atoms. The molecule has 1 aromatic heterocycles. The maximum atomic E-state index is 12.5. The van der Waals surface area contributed by atoms with E-state index in [-0.39, 0.29) is 24.9 Å². The molecule has 0 fully saturated rings. The molecule has 0 aliphatic heterocycles. The number of hydrogen-bond acceptors (Lipinski definition) is 4. The van der Waals surface area contributed by atoms with Crippen molar-refractivity contribution >= 4 is 11.6 Å². The van der Waals surface area contributed by atoms with Crippen LogP contribution in [0, 0.1) is 0 Å². The Kier molecular flexibility index (Phi) is 4.93. The van der Waals surface area contributed by atoms with Gasteiger partial charge in [-0.1, -0.05) is 30.3 Å². The van der Waals surface area contributed by atoms with Crippen molar-refractivity contribution < 1.29 is 19.1 Å². The van der Waals surface area contributed by atoms with E-state index in [1.807, 2.05) is 30.3 Å². The van der Waals surface area contributed by atoms with Gasteiger partial charge in [0.25, 0.3) is 5.91 Å². The van der Waals surface area contributed by atoms with E-state index >= 15 is 0 Å². The third-order valence-electron chi connectivity index (χ3n) is 3.43. The second kappa shape index (κ2) is 7.48. The van der Waals surface area contributed by atoms with Crippen LogP contribution in [0.3, 0.4) is 0 Å². The van der Waals surface area contributed by atoms with E-state index in [0.29, 0.717) is 11.4 Å². The number of carbonyl (C=O) groups excluding carboxylic acids is 1. The van der Waals surface area contributed by atoms with Crippen LogP contribution in [-0.4, -0.2) is 24.2 Å². The van der Waals surface area contributed by atoms with Gasteiger partial charge >= 0.3 is 0 Å². The molecule has 0 unspecified atom stereocenters. The molecule has 3 aromatic rings. The molecule has 1 heterocycles. The van der Waals surface area contributed by atoms with Gasteiger partial charge in [0.05, 0.1) is 12.9 Å². The van der Waals surface area contributed by atoms with Gasteiger partial charge in [-0.2, -0.15) is 0 Å².